The van der Waals surface area contributed by atoms with Gasteiger partial charge in [-0.15, -0.1) is 0 Å². The predicted octanol–water partition coefficient (Wildman–Crippen LogP) is 14.8. The summed E-state index contributed by atoms with van der Waals surface area (Å²) in [6.07, 6.45) is 56.3. The SMILES string of the molecule is CC/C=C\C/C=C\C/C=C\C/C=C\C/C=C\CCOCC(COC(=O)CCCCCCC/C=C\CCCC)OC(=O)CCCCCCCCCCCCC. The molecule has 0 aromatic carbocycles. The summed E-state index contributed by atoms with van der Waals surface area (Å²) in [5.41, 5.74) is 0. The van der Waals surface area contributed by atoms with Gasteiger partial charge in [0.25, 0.3) is 0 Å². The number of ether oxygens (including phenoxy) is 3. The van der Waals surface area contributed by atoms with Crippen molar-refractivity contribution in [3.63, 3.8) is 0 Å². The lowest BCUT2D eigenvalue weighted by Gasteiger charge is -2.18. The van der Waals surface area contributed by atoms with Crippen molar-refractivity contribution in [2.24, 2.45) is 0 Å². The first-order chi connectivity index (χ1) is 26.6. The molecule has 0 fully saturated rings. The molecule has 0 saturated carbocycles. The molecule has 1 atom stereocenters. The Kier molecular flexibility index (Phi) is 42.5. The molecular formula is C49H84O5. The first-order valence-corrected chi connectivity index (χ1v) is 22.5. The van der Waals surface area contributed by atoms with Crippen LogP contribution < -0.4 is 0 Å². The van der Waals surface area contributed by atoms with Crippen molar-refractivity contribution < 1.29 is 23.8 Å². The van der Waals surface area contributed by atoms with E-state index in [1.165, 1.54) is 83.5 Å². The van der Waals surface area contributed by atoms with E-state index < -0.39 is 6.10 Å². The Morgan fingerprint density at radius 3 is 1.39 bits per heavy atom. The number of rotatable bonds is 40. The van der Waals surface area contributed by atoms with E-state index in [4.69, 9.17) is 14.2 Å². The highest BCUT2D eigenvalue weighted by molar-refractivity contribution is 5.70. The highest BCUT2D eigenvalue weighted by Crippen LogP contribution is 2.13. The highest BCUT2D eigenvalue weighted by Gasteiger charge is 2.17. The smallest absolute Gasteiger partial charge is 0.306 e. The van der Waals surface area contributed by atoms with Gasteiger partial charge in [-0.2, -0.15) is 0 Å². The van der Waals surface area contributed by atoms with Gasteiger partial charge in [-0.3, -0.25) is 9.59 Å². The molecule has 0 aliphatic heterocycles. The van der Waals surface area contributed by atoms with E-state index in [1.54, 1.807) is 0 Å². The lowest BCUT2D eigenvalue weighted by molar-refractivity contribution is -0.162. The standard InChI is InChI=1S/C49H84O5/c1-4-7-10-13-16-19-22-23-24-25-26-29-32-35-38-41-44-52-45-47(54-49(51)43-40-37-34-31-28-21-18-15-12-9-6-3)46-53-48(50)42-39-36-33-30-27-20-17-14-11-8-5-2/h7,10,14,16-17,19,23-24,26,29,35,38,47H,4-6,8-9,11-13,15,18,20-22,25,27-28,30-34,36-37,39-46H2,1-3H3/b10-7-,17-14-,19-16-,24-23-,29-26-,38-35-. The second kappa shape index (κ2) is 44.7. The summed E-state index contributed by atoms with van der Waals surface area (Å²) in [5, 5.41) is 0. The molecule has 0 spiro atoms. The molecule has 0 radical (unpaired) electrons. The second-order valence-corrected chi connectivity index (χ2v) is 14.6. The summed E-state index contributed by atoms with van der Waals surface area (Å²) in [4.78, 5) is 25.2. The number of unbranched alkanes of at least 4 members (excludes halogenated alkanes) is 17. The average molecular weight is 753 g/mol. The van der Waals surface area contributed by atoms with Crippen LogP contribution >= 0.6 is 0 Å². The van der Waals surface area contributed by atoms with Gasteiger partial charge < -0.3 is 14.2 Å². The van der Waals surface area contributed by atoms with E-state index in [0.29, 0.717) is 19.4 Å². The van der Waals surface area contributed by atoms with Crippen LogP contribution in [0.2, 0.25) is 0 Å². The fraction of sp³-hybridized carbons (Fsp3) is 0.714. The molecular weight excluding hydrogens is 669 g/mol. The Labute approximate surface area is 334 Å². The van der Waals surface area contributed by atoms with Gasteiger partial charge in [0.05, 0.1) is 13.2 Å². The van der Waals surface area contributed by atoms with Crippen molar-refractivity contribution in [2.45, 2.75) is 207 Å². The Hall–Kier alpha value is -2.66. The minimum absolute atomic E-state index is 0.0505. The number of allylic oxidation sites excluding steroid dienone is 11. The van der Waals surface area contributed by atoms with E-state index in [-0.39, 0.29) is 25.2 Å². The summed E-state index contributed by atoms with van der Waals surface area (Å²) in [6.45, 7) is 7.45. The third-order valence-electron chi connectivity index (χ3n) is 9.25. The maximum absolute atomic E-state index is 12.7. The van der Waals surface area contributed by atoms with Crippen molar-refractivity contribution in [1.29, 1.82) is 0 Å². The molecule has 5 heteroatoms. The van der Waals surface area contributed by atoms with Crippen LogP contribution in [0.4, 0.5) is 0 Å². The van der Waals surface area contributed by atoms with Crippen molar-refractivity contribution in [1.82, 2.24) is 0 Å². The van der Waals surface area contributed by atoms with Gasteiger partial charge in [0.15, 0.2) is 6.10 Å². The third-order valence-corrected chi connectivity index (χ3v) is 9.25. The summed E-state index contributed by atoms with van der Waals surface area (Å²) >= 11 is 0. The minimum atomic E-state index is -0.576. The molecule has 54 heavy (non-hydrogen) atoms. The minimum Gasteiger partial charge on any atom is -0.462 e. The zero-order valence-electron chi connectivity index (χ0n) is 35.5. The van der Waals surface area contributed by atoms with Gasteiger partial charge in [0.1, 0.15) is 6.61 Å². The van der Waals surface area contributed by atoms with Crippen molar-refractivity contribution in [3.8, 4) is 0 Å². The molecule has 310 valence electrons. The third kappa shape index (κ3) is 42.1. The zero-order chi connectivity index (χ0) is 39.3. The quantitative estimate of drug-likeness (QED) is 0.0354. The molecule has 0 rings (SSSR count). The molecule has 0 amide bonds. The van der Waals surface area contributed by atoms with Crippen LogP contribution in [0.5, 0.6) is 0 Å². The van der Waals surface area contributed by atoms with E-state index in [9.17, 15) is 9.59 Å². The van der Waals surface area contributed by atoms with Crippen LogP contribution in [0.3, 0.4) is 0 Å². The molecule has 0 aliphatic rings. The van der Waals surface area contributed by atoms with E-state index in [0.717, 1.165) is 83.5 Å². The fourth-order valence-corrected chi connectivity index (χ4v) is 5.91. The molecule has 0 bridgehead atoms. The van der Waals surface area contributed by atoms with Crippen LogP contribution in [-0.4, -0.2) is 37.9 Å². The Morgan fingerprint density at radius 1 is 0.426 bits per heavy atom. The first-order valence-electron chi connectivity index (χ1n) is 22.5. The number of esters is 2. The van der Waals surface area contributed by atoms with Crippen LogP contribution in [0.15, 0.2) is 72.9 Å². The largest absolute Gasteiger partial charge is 0.462 e. The average Bonchev–Trinajstić information content (AvgIpc) is 3.17. The summed E-state index contributed by atoms with van der Waals surface area (Å²) in [6, 6.07) is 0. The summed E-state index contributed by atoms with van der Waals surface area (Å²) < 4.78 is 17.2. The maximum Gasteiger partial charge on any atom is 0.306 e. The van der Waals surface area contributed by atoms with Gasteiger partial charge >= 0.3 is 11.9 Å². The first kappa shape index (κ1) is 51.3. The molecule has 0 N–H and O–H groups in total. The molecule has 0 aliphatic carbocycles. The zero-order valence-corrected chi connectivity index (χ0v) is 35.5. The monoisotopic (exact) mass is 753 g/mol. The Morgan fingerprint density at radius 2 is 0.852 bits per heavy atom. The Balaban J connectivity index is 4.38. The van der Waals surface area contributed by atoms with Crippen LogP contribution in [0, 0.1) is 0 Å². The second-order valence-electron chi connectivity index (χ2n) is 14.6. The van der Waals surface area contributed by atoms with Gasteiger partial charge in [-0.25, -0.2) is 0 Å². The molecule has 0 aromatic heterocycles. The van der Waals surface area contributed by atoms with Crippen molar-refractivity contribution >= 4 is 11.9 Å². The number of hydrogen-bond acceptors (Lipinski definition) is 5. The van der Waals surface area contributed by atoms with Crippen LogP contribution in [0.1, 0.15) is 201 Å². The summed E-state index contributed by atoms with van der Waals surface area (Å²) in [7, 11) is 0. The molecule has 1 unspecified atom stereocenters. The number of carbonyl (C=O) groups excluding carboxylic acids is 2. The Bertz CT molecular complexity index is 988. The topological polar surface area (TPSA) is 61.8 Å². The van der Waals surface area contributed by atoms with Gasteiger partial charge in [-0.05, 0) is 70.6 Å². The molecule has 0 aromatic rings. The molecule has 0 saturated heterocycles. The lowest BCUT2D eigenvalue weighted by Crippen LogP contribution is -2.30. The van der Waals surface area contributed by atoms with Gasteiger partial charge in [0.2, 0.25) is 0 Å². The van der Waals surface area contributed by atoms with Gasteiger partial charge in [0, 0.05) is 12.8 Å². The maximum atomic E-state index is 12.7. The highest BCUT2D eigenvalue weighted by atomic mass is 16.6. The number of hydrogen-bond donors (Lipinski definition) is 0. The van der Waals surface area contributed by atoms with Gasteiger partial charge in [-0.1, -0.05) is 190 Å². The fourth-order valence-electron chi connectivity index (χ4n) is 5.91. The van der Waals surface area contributed by atoms with Crippen molar-refractivity contribution in [3.05, 3.63) is 72.9 Å². The van der Waals surface area contributed by atoms with E-state index >= 15 is 0 Å². The van der Waals surface area contributed by atoms with E-state index in [1.807, 2.05) is 0 Å². The summed E-state index contributed by atoms with van der Waals surface area (Å²) in [5.74, 6) is -0.451. The van der Waals surface area contributed by atoms with Crippen LogP contribution in [-0.2, 0) is 23.8 Å². The van der Waals surface area contributed by atoms with E-state index in [2.05, 4.69) is 93.7 Å². The number of carbonyl (C=O) groups is 2. The van der Waals surface area contributed by atoms with Crippen molar-refractivity contribution in [2.75, 3.05) is 19.8 Å². The predicted molar refractivity (Wildman–Crippen MR) is 233 cm³/mol. The normalized spacial score (nSPS) is 12.9. The van der Waals surface area contributed by atoms with Crippen LogP contribution in [0.25, 0.3) is 0 Å². The molecule has 5 nitrogen and oxygen atoms in total. The lowest BCUT2D eigenvalue weighted by atomic mass is 10.1. The molecule has 0 heterocycles.